The van der Waals surface area contributed by atoms with Crippen molar-refractivity contribution in [3.8, 4) is 17.3 Å². The summed E-state index contributed by atoms with van der Waals surface area (Å²) in [6.07, 6.45) is 8.43. The molecule has 6 heterocycles. The van der Waals surface area contributed by atoms with Crippen molar-refractivity contribution >= 4 is 33.6 Å². The summed E-state index contributed by atoms with van der Waals surface area (Å²) in [5.41, 5.74) is 1.33. The maximum absolute atomic E-state index is 17.1. The summed E-state index contributed by atoms with van der Waals surface area (Å²) in [7, 11) is 0. The second-order valence-electron chi connectivity index (χ2n) is 15.5. The number of rotatable bonds is 8. The third-order valence-corrected chi connectivity index (χ3v) is 11.1. The Hall–Kier alpha value is -4.12. The number of alkyl halides is 1. The summed E-state index contributed by atoms with van der Waals surface area (Å²) in [5.74, 6) is 0.0260. The first-order chi connectivity index (χ1) is 24.1. The van der Waals surface area contributed by atoms with Crippen LogP contribution >= 0.6 is 0 Å². The van der Waals surface area contributed by atoms with Crippen molar-refractivity contribution in [3.63, 3.8) is 0 Å². The van der Waals surface area contributed by atoms with Crippen LogP contribution in [0.2, 0.25) is 0 Å². The van der Waals surface area contributed by atoms with Crippen LogP contribution in [-0.2, 0) is 11.2 Å². The Morgan fingerprint density at radius 1 is 1.02 bits per heavy atom. The van der Waals surface area contributed by atoms with Gasteiger partial charge < -0.3 is 14.4 Å². The zero-order chi connectivity index (χ0) is 34.6. The molecule has 2 aromatic heterocycles. The monoisotopic (exact) mass is 684 g/mol. The highest BCUT2D eigenvalue weighted by atomic mass is 19.1. The van der Waals surface area contributed by atoms with Gasteiger partial charge in [-0.15, -0.1) is 0 Å². The fourth-order valence-corrected chi connectivity index (χ4v) is 8.95. The van der Waals surface area contributed by atoms with Gasteiger partial charge in [0.1, 0.15) is 29.2 Å². The van der Waals surface area contributed by atoms with Gasteiger partial charge in [0.2, 0.25) is 0 Å². The molecule has 0 aliphatic carbocycles. The lowest BCUT2D eigenvalue weighted by Gasteiger charge is -2.42. The average Bonchev–Trinajstić information content (AvgIpc) is 3.76. The lowest BCUT2D eigenvalue weighted by Crippen LogP contribution is -2.57. The van der Waals surface area contributed by atoms with E-state index in [1.165, 1.54) is 0 Å². The number of aryl methyl sites for hydroxylation is 1. The Labute approximate surface area is 292 Å². The maximum atomic E-state index is 17.1. The van der Waals surface area contributed by atoms with E-state index >= 15 is 4.39 Å². The molecule has 4 saturated heterocycles. The molecule has 2 aromatic carbocycles. The lowest BCUT2D eigenvalue weighted by molar-refractivity contribution is 0.0122. The summed E-state index contributed by atoms with van der Waals surface area (Å²) in [6, 6.07) is 11.7. The van der Waals surface area contributed by atoms with E-state index < -0.39 is 18.1 Å². The Morgan fingerprint density at radius 3 is 2.44 bits per heavy atom. The number of aromatic nitrogens is 3. The molecule has 11 heteroatoms. The van der Waals surface area contributed by atoms with E-state index in [0.29, 0.717) is 49.3 Å². The number of pyridine rings is 1. The molecular formula is C39H46F2N6O3. The van der Waals surface area contributed by atoms with Gasteiger partial charge in [0, 0.05) is 24.8 Å². The molecule has 0 spiro atoms. The van der Waals surface area contributed by atoms with E-state index in [1.54, 1.807) is 6.20 Å². The number of piperazine rings is 1. The average molecular weight is 685 g/mol. The molecule has 4 aliphatic rings. The predicted octanol–water partition coefficient (Wildman–Crippen LogP) is 7.48. The van der Waals surface area contributed by atoms with Gasteiger partial charge in [-0.25, -0.2) is 9.18 Å². The largest absolute Gasteiger partial charge is 0.461 e. The fraction of sp³-hybridized carbons (Fsp3) is 0.538. The molecule has 1 amide bonds. The van der Waals surface area contributed by atoms with E-state index in [2.05, 4.69) is 9.80 Å². The lowest BCUT2D eigenvalue weighted by atomic mass is 9.94. The Balaban J connectivity index is 1.20. The van der Waals surface area contributed by atoms with Crippen LogP contribution in [0, 0.1) is 5.82 Å². The van der Waals surface area contributed by atoms with Gasteiger partial charge >= 0.3 is 12.1 Å². The summed E-state index contributed by atoms with van der Waals surface area (Å²) >= 11 is 0. The number of nitrogens with zero attached hydrogens (tertiary/aromatic N) is 6. The molecule has 4 fully saturated rings. The van der Waals surface area contributed by atoms with Crippen molar-refractivity contribution in [2.45, 2.75) is 95.4 Å². The van der Waals surface area contributed by atoms with Gasteiger partial charge in [-0.2, -0.15) is 9.97 Å². The van der Waals surface area contributed by atoms with Crippen molar-refractivity contribution in [2.75, 3.05) is 44.4 Å². The van der Waals surface area contributed by atoms with E-state index in [4.69, 9.17) is 24.4 Å². The molecule has 0 radical (unpaired) electrons. The van der Waals surface area contributed by atoms with E-state index in [-0.39, 0.29) is 40.9 Å². The molecule has 0 unspecified atom stereocenters. The SMILES string of the molecule is CC(C)(C)OC(=O)N1[C@@H]2CC[C@H]1CN(c1nc(OCC34CCCN3CCC4)nc3c(F)c(-c4cccc5cccc(CCCF)c45)ncc13)C2. The summed E-state index contributed by atoms with van der Waals surface area (Å²) < 4.78 is 42.6. The molecule has 9 nitrogen and oxygen atoms in total. The van der Waals surface area contributed by atoms with Crippen LogP contribution < -0.4 is 9.64 Å². The molecule has 2 bridgehead atoms. The molecule has 0 N–H and O–H groups in total. The molecule has 264 valence electrons. The standard InChI is InChI=1S/C39H46F2N6O3/c1-38(2,3)50-37(48)47-27-14-15-28(47)23-45(22-27)35-30-21-42-33(29-13-5-11-25-9-4-10-26(31(25)29)12-6-18-40)32(41)34(30)43-36(44-35)49-24-39-16-7-19-46(39)20-8-17-39/h4-5,9-11,13,21,27-28H,6-8,12,14-20,22-24H2,1-3H3/t27-,28+. The number of benzene rings is 2. The van der Waals surface area contributed by atoms with E-state index in [0.717, 1.165) is 68.0 Å². The smallest absolute Gasteiger partial charge is 0.410 e. The van der Waals surface area contributed by atoms with Crippen LogP contribution in [0.3, 0.4) is 0 Å². The van der Waals surface area contributed by atoms with Gasteiger partial charge in [-0.3, -0.25) is 19.2 Å². The zero-order valence-electron chi connectivity index (χ0n) is 29.3. The normalized spacial score (nSPS) is 21.7. The molecular weight excluding hydrogens is 638 g/mol. The number of hydrogen-bond acceptors (Lipinski definition) is 8. The highest BCUT2D eigenvalue weighted by Crippen LogP contribution is 2.41. The van der Waals surface area contributed by atoms with Crippen molar-refractivity contribution in [3.05, 3.63) is 54.0 Å². The van der Waals surface area contributed by atoms with E-state index in [9.17, 15) is 9.18 Å². The fourth-order valence-electron chi connectivity index (χ4n) is 8.95. The molecule has 50 heavy (non-hydrogen) atoms. The van der Waals surface area contributed by atoms with Gasteiger partial charge in [-0.1, -0.05) is 36.4 Å². The van der Waals surface area contributed by atoms with Crippen LogP contribution in [0.15, 0.2) is 42.6 Å². The molecule has 8 rings (SSSR count). The zero-order valence-corrected chi connectivity index (χ0v) is 29.3. The third-order valence-electron chi connectivity index (χ3n) is 11.1. The van der Waals surface area contributed by atoms with Gasteiger partial charge in [0.25, 0.3) is 0 Å². The maximum Gasteiger partial charge on any atom is 0.410 e. The number of hydrogen-bond donors (Lipinski definition) is 0. The van der Waals surface area contributed by atoms with Crippen molar-refractivity contribution in [1.29, 1.82) is 0 Å². The van der Waals surface area contributed by atoms with Gasteiger partial charge in [0.15, 0.2) is 5.82 Å². The number of amides is 1. The number of halogens is 2. The minimum Gasteiger partial charge on any atom is -0.461 e. The number of carbonyl (C=O) groups excluding carboxylic acids is 1. The van der Waals surface area contributed by atoms with Gasteiger partial charge in [0.05, 0.1) is 29.7 Å². The van der Waals surface area contributed by atoms with Crippen LogP contribution in [0.5, 0.6) is 6.01 Å². The molecule has 4 aromatic rings. The van der Waals surface area contributed by atoms with Crippen molar-refractivity contribution in [1.82, 2.24) is 24.8 Å². The van der Waals surface area contributed by atoms with Crippen molar-refractivity contribution in [2.24, 2.45) is 0 Å². The topological polar surface area (TPSA) is 83.9 Å². The number of ether oxygens (including phenoxy) is 2. The Kier molecular flexibility index (Phi) is 8.52. The Morgan fingerprint density at radius 2 is 1.74 bits per heavy atom. The highest BCUT2D eigenvalue weighted by molar-refractivity contribution is 6.00. The Bertz CT molecular complexity index is 1900. The predicted molar refractivity (Wildman–Crippen MR) is 190 cm³/mol. The summed E-state index contributed by atoms with van der Waals surface area (Å²) in [5, 5.41) is 2.32. The second-order valence-corrected chi connectivity index (χ2v) is 15.5. The number of anilines is 1. The second kappa shape index (κ2) is 12.9. The third kappa shape index (κ3) is 5.91. The molecule has 2 atom stereocenters. The highest BCUT2D eigenvalue weighted by Gasteiger charge is 2.46. The van der Waals surface area contributed by atoms with Crippen LogP contribution in [0.1, 0.15) is 71.3 Å². The van der Waals surface area contributed by atoms with Crippen LogP contribution in [0.4, 0.5) is 19.4 Å². The number of carbonyl (C=O) groups is 1. The summed E-state index contributed by atoms with van der Waals surface area (Å²) in [4.78, 5) is 34.2. The number of fused-ring (bicyclic) bond motifs is 5. The quantitative estimate of drug-likeness (QED) is 0.189. The minimum atomic E-state index is -0.588. The minimum absolute atomic E-state index is 0.0302. The molecule has 0 saturated carbocycles. The first kappa shape index (κ1) is 33.0. The summed E-state index contributed by atoms with van der Waals surface area (Å²) in [6.45, 7) is 8.88. The van der Waals surface area contributed by atoms with Crippen LogP contribution in [-0.4, -0.2) is 93.5 Å². The van der Waals surface area contributed by atoms with Gasteiger partial charge in [-0.05, 0) is 102 Å². The van der Waals surface area contributed by atoms with E-state index in [1.807, 2.05) is 62.1 Å². The molecule has 4 aliphatic heterocycles. The first-order valence-electron chi connectivity index (χ1n) is 18.2. The van der Waals surface area contributed by atoms with Crippen molar-refractivity contribution < 1.29 is 23.0 Å². The first-order valence-corrected chi connectivity index (χ1v) is 18.2. The van der Waals surface area contributed by atoms with Crippen LogP contribution in [0.25, 0.3) is 32.9 Å².